The van der Waals surface area contributed by atoms with Gasteiger partial charge in [-0.25, -0.2) is 4.79 Å². The standard InChI is InChI=1S/C15H16F3N3O2/c1-9-8-21(14(22)23)10(2)7-20(9)12-4-3-11(6-19)13(5-12)15(16,17)18/h3-5,9-10H,7-8H2,1-2H3,(H,22,23)/t9-,10+/m0/s1. The van der Waals surface area contributed by atoms with E-state index in [0.29, 0.717) is 5.69 Å². The molecule has 1 fully saturated rings. The number of piperazine rings is 1. The predicted molar refractivity (Wildman–Crippen MR) is 77.2 cm³/mol. The van der Waals surface area contributed by atoms with Crippen LogP contribution in [0.5, 0.6) is 0 Å². The first-order valence-corrected chi connectivity index (χ1v) is 7.02. The van der Waals surface area contributed by atoms with Gasteiger partial charge in [0.05, 0.1) is 17.2 Å². The number of benzene rings is 1. The van der Waals surface area contributed by atoms with E-state index < -0.39 is 23.4 Å². The highest BCUT2D eigenvalue weighted by Gasteiger charge is 2.36. The number of nitriles is 1. The number of rotatable bonds is 1. The highest BCUT2D eigenvalue weighted by molar-refractivity contribution is 5.66. The van der Waals surface area contributed by atoms with Gasteiger partial charge in [0.15, 0.2) is 0 Å². The van der Waals surface area contributed by atoms with Crippen LogP contribution in [0.15, 0.2) is 18.2 Å². The maximum absolute atomic E-state index is 13.1. The topological polar surface area (TPSA) is 67.6 Å². The number of alkyl halides is 3. The van der Waals surface area contributed by atoms with Crippen molar-refractivity contribution in [3.63, 3.8) is 0 Å². The molecule has 124 valence electrons. The van der Waals surface area contributed by atoms with Gasteiger partial charge < -0.3 is 14.9 Å². The van der Waals surface area contributed by atoms with E-state index in [-0.39, 0.29) is 25.2 Å². The fourth-order valence-corrected chi connectivity index (χ4v) is 2.80. The predicted octanol–water partition coefficient (Wildman–Crippen LogP) is 3.15. The van der Waals surface area contributed by atoms with Gasteiger partial charge in [0.2, 0.25) is 0 Å². The van der Waals surface area contributed by atoms with E-state index in [4.69, 9.17) is 10.4 Å². The van der Waals surface area contributed by atoms with Gasteiger partial charge in [-0.3, -0.25) is 0 Å². The van der Waals surface area contributed by atoms with Gasteiger partial charge in [0, 0.05) is 30.9 Å². The quantitative estimate of drug-likeness (QED) is 0.860. The van der Waals surface area contributed by atoms with Crippen molar-refractivity contribution in [3.8, 4) is 6.07 Å². The molecule has 0 bridgehead atoms. The number of amides is 1. The number of carboxylic acid groups (broad SMARTS) is 1. The Kier molecular flexibility index (Phi) is 4.41. The molecule has 2 atom stereocenters. The number of nitrogens with zero attached hydrogens (tertiary/aromatic N) is 3. The van der Waals surface area contributed by atoms with E-state index in [2.05, 4.69) is 0 Å². The summed E-state index contributed by atoms with van der Waals surface area (Å²) in [6.45, 7) is 3.96. The van der Waals surface area contributed by atoms with Crippen LogP contribution in [0.4, 0.5) is 23.7 Å². The second-order valence-electron chi connectivity index (χ2n) is 5.62. The van der Waals surface area contributed by atoms with E-state index >= 15 is 0 Å². The molecule has 8 heteroatoms. The largest absolute Gasteiger partial charge is 0.465 e. The Morgan fingerprint density at radius 1 is 1.30 bits per heavy atom. The van der Waals surface area contributed by atoms with Crippen molar-refractivity contribution < 1.29 is 23.1 Å². The average molecular weight is 327 g/mol. The van der Waals surface area contributed by atoms with Crippen LogP contribution in [0.3, 0.4) is 0 Å². The summed E-state index contributed by atoms with van der Waals surface area (Å²) in [5, 5.41) is 18.0. The molecule has 1 saturated heterocycles. The van der Waals surface area contributed by atoms with Gasteiger partial charge in [-0.2, -0.15) is 18.4 Å². The fraction of sp³-hybridized carbons (Fsp3) is 0.467. The number of carbonyl (C=O) groups is 1. The molecular weight excluding hydrogens is 311 g/mol. The smallest absolute Gasteiger partial charge is 0.417 e. The number of hydrogen-bond donors (Lipinski definition) is 1. The number of halogens is 3. The van der Waals surface area contributed by atoms with Crippen LogP contribution in [0, 0.1) is 11.3 Å². The molecule has 0 saturated carbocycles. The average Bonchev–Trinajstić information content (AvgIpc) is 2.47. The lowest BCUT2D eigenvalue weighted by Crippen LogP contribution is -2.58. The molecule has 0 aromatic heterocycles. The Morgan fingerprint density at radius 2 is 1.96 bits per heavy atom. The third-order valence-corrected chi connectivity index (χ3v) is 3.99. The highest BCUT2D eigenvalue weighted by atomic mass is 19.4. The number of hydrogen-bond acceptors (Lipinski definition) is 3. The summed E-state index contributed by atoms with van der Waals surface area (Å²) in [7, 11) is 0. The Bertz CT molecular complexity index is 654. The van der Waals surface area contributed by atoms with Gasteiger partial charge >= 0.3 is 12.3 Å². The van der Waals surface area contributed by atoms with Gasteiger partial charge in [-0.1, -0.05) is 0 Å². The van der Waals surface area contributed by atoms with Crippen LogP contribution in [-0.4, -0.2) is 41.3 Å². The van der Waals surface area contributed by atoms with Crippen molar-refractivity contribution in [2.24, 2.45) is 0 Å². The van der Waals surface area contributed by atoms with E-state index in [1.54, 1.807) is 24.8 Å². The zero-order chi connectivity index (χ0) is 17.4. The third-order valence-electron chi connectivity index (χ3n) is 3.99. The first-order valence-electron chi connectivity index (χ1n) is 7.02. The lowest BCUT2D eigenvalue weighted by molar-refractivity contribution is -0.137. The second-order valence-corrected chi connectivity index (χ2v) is 5.62. The lowest BCUT2D eigenvalue weighted by Gasteiger charge is -2.44. The minimum absolute atomic E-state index is 0.206. The van der Waals surface area contributed by atoms with Gasteiger partial charge in [0.1, 0.15) is 0 Å². The molecule has 0 unspecified atom stereocenters. The minimum atomic E-state index is -4.61. The lowest BCUT2D eigenvalue weighted by atomic mass is 10.0. The first-order chi connectivity index (χ1) is 10.6. The van der Waals surface area contributed by atoms with Gasteiger partial charge in [0.25, 0.3) is 0 Å². The summed E-state index contributed by atoms with van der Waals surface area (Å²) in [5.41, 5.74) is -1.06. The van der Waals surface area contributed by atoms with E-state index in [9.17, 15) is 18.0 Å². The van der Waals surface area contributed by atoms with E-state index in [1.165, 1.54) is 11.0 Å². The Morgan fingerprint density at radius 3 is 2.48 bits per heavy atom. The van der Waals surface area contributed by atoms with Crippen LogP contribution >= 0.6 is 0 Å². The molecule has 0 spiro atoms. The summed E-state index contributed by atoms with van der Waals surface area (Å²) in [6.07, 6.45) is -5.65. The molecule has 1 aliphatic rings. The molecule has 2 rings (SSSR count). The fourth-order valence-electron chi connectivity index (χ4n) is 2.80. The first kappa shape index (κ1) is 16.9. The molecule has 1 aromatic carbocycles. The van der Waals surface area contributed by atoms with Crippen LogP contribution in [0.25, 0.3) is 0 Å². The monoisotopic (exact) mass is 327 g/mol. The molecule has 1 N–H and O–H groups in total. The Balaban J connectivity index is 2.36. The summed E-state index contributed by atoms with van der Waals surface area (Å²) < 4.78 is 39.2. The van der Waals surface area contributed by atoms with Crippen LogP contribution < -0.4 is 4.90 Å². The number of anilines is 1. The van der Waals surface area contributed by atoms with Crippen molar-refractivity contribution >= 4 is 11.8 Å². The molecule has 0 aliphatic carbocycles. The molecule has 1 aromatic rings. The van der Waals surface area contributed by atoms with Crippen molar-refractivity contribution in [2.75, 3.05) is 18.0 Å². The molecule has 0 radical (unpaired) electrons. The van der Waals surface area contributed by atoms with Crippen LogP contribution in [-0.2, 0) is 6.18 Å². The molecule has 1 heterocycles. The maximum Gasteiger partial charge on any atom is 0.417 e. The zero-order valence-electron chi connectivity index (χ0n) is 12.6. The summed E-state index contributed by atoms with van der Waals surface area (Å²) in [6, 6.07) is 4.52. The van der Waals surface area contributed by atoms with Crippen LogP contribution in [0.1, 0.15) is 25.0 Å². The minimum Gasteiger partial charge on any atom is -0.465 e. The molecule has 1 amide bonds. The zero-order valence-corrected chi connectivity index (χ0v) is 12.6. The van der Waals surface area contributed by atoms with Gasteiger partial charge in [-0.05, 0) is 32.0 Å². The molecule has 23 heavy (non-hydrogen) atoms. The second kappa shape index (κ2) is 5.99. The third kappa shape index (κ3) is 3.33. The maximum atomic E-state index is 13.1. The van der Waals surface area contributed by atoms with E-state index in [0.717, 1.165) is 12.1 Å². The highest BCUT2D eigenvalue weighted by Crippen LogP contribution is 2.35. The van der Waals surface area contributed by atoms with E-state index in [1.807, 2.05) is 0 Å². The van der Waals surface area contributed by atoms with Crippen molar-refractivity contribution in [1.82, 2.24) is 4.90 Å². The molecule has 5 nitrogen and oxygen atoms in total. The molecular formula is C15H16F3N3O2. The van der Waals surface area contributed by atoms with Crippen molar-refractivity contribution in [3.05, 3.63) is 29.3 Å². The Hall–Kier alpha value is -2.43. The SMILES string of the molecule is C[C@@H]1CN(c2ccc(C#N)c(C(F)(F)F)c2)[C@@H](C)CN1C(=O)O. The van der Waals surface area contributed by atoms with Gasteiger partial charge in [-0.15, -0.1) is 0 Å². The van der Waals surface area contributed by atoms with Crippen LogP contribution in [0.2, 0.25) is 0 Å². The van der Waals surface area contributed by atoms with Crippen molar-refractivity contribution in [1.29, 1.82) is 5.26 Å². The molecule has 1 aliphatic heterocycles. The summed E-state index contributed by atoms with van der Waals surface area (Å²) in [4.78, 5) is 14.2. The summed E-state index contributed by atoms with van der Waals surface area (Å²) >= 11 is 0. The van der Waals surface area contributed by atoms with Crippen molar-refractivity contribution in [2.45, 2.75) is 32.1 Å². The normalized spacial score (nSPS) is 21.9. The summed E-state index contributed by atoms with van der Waals surface area (Å²) in [5.74, 6) is 0. The Labute approximate surface area is 131 Å².